The Hall–Kier alpha value is -2.16. The molecule has 104 valence electrons. The van der Waals surface area contributed by atoms with Gasteiger partial charge in [0.15, 0.2) is 0 Å². The first-order valence-electron chi connectivity index (χ1n) is 7.16. The number of benzene rings is 2. The van der Waals surface area contributed by atoms with Gasteiger partial charge in [-0.1, -0.05) is 30.3 Å². The van der Waals surface area contributed by atoms with Gasteiger partial charge in [-0.05, 0) is 31.2 Å². The van der Waals surface area contributed by atoms with E-state index in [0.29, 0.717) is 0 Å². The van der Waals surface area contributed by atoms with Crippen LogP contribution in [0.4, 0.5) is 11.4 Å². The van der Waals surface area contributed by atoms with Gasteiger partial charge in [-0.3, -0.25) is 0 Å². The van der Waals surface area contributed by atoms with Crippen molar-refractivity contribution in [1.29, 1.82) is 0 Å². The van der Waals surface area contributed by atoms with E-state index >= 15 is 0 Å². The fourth-order valence-corrected chi connectivity index (χ4v) is 2.56. The number of nitrogens with one attached hydrogen (secondary N) is 1. The SMILES string of the molecule is CCN(CC1CNc2ccccc2O1)c1ccccc1. The van der Waals surface area contributed by atoms with E-state index < -0.39 is 0 Å². The first kappa shape index (κ1) is 12.9. The molecular weight excluding hydrogens is 248 g/mol. The Morgan fingerprint density at radius 2 is 1.85 bits per heavy atom. The molecule has 0 fully saturated rings. The number of ether oxygens (including phenoxy) is 1. The molecule has 1 atom stereocenters. The molecule has 1 N–H and O–H groups in total. The summed E-state index contributed by atoms with van der Waals surface area (Å²) in [6.45, 7) is 4.89. The summed E-state index contributed by atoms with van der Waals surface area (Å²) in [4.78, 5) is 2.35. The third-order valence-electron chi connectivity index (χ3n) is 3.63. The van der Waals surface area contributed by atoms with Crippen molar-refractivity contribution in [2.45, 2.75) is 13.0 Å². The summed E-state index contributed by atoms with van der Waals surface area (Å²) in [6, 6.07) is 18.6. The van der Waals surface area contributed by atoms with Crippen LogP contribution < -0.4 is 15.0 Å². The second kappa shape index (κ2) is 5.87. The monoisotopic (exact) mass is 268 g/mol. The topological polar surface area (TPSA) is 24.5 Å². The van der Waals surface area contributed by atoms with Crippen molar-refractivity contribution in [3.8, 4) is 5.75 Å². The Balaban J connectivity index is 1.69. The molecule has 0 aliphatic carbocycles. The lowest BCUT2D eigenvalue weighted by atomic mass is 10.2. The molecule has 0 amide bonds. The van der Waals surface area contributed by atoms with Crippen LogP contribution in [0.1, 0.15) is 6.92 Å². The van der Waals surface area contributed by atoms with Gasteiger partial charge in [-0.2, -0.15) is 0 Å². The summed E-state index contributed by atoms with van der Waals surface area (Å²) in [6.07, 6.45) is 0.171. The van der Waals surface area contributed by atoms with Crippen molar-refractivity contribution >= 4 is 11.4 Å². The molecule has 1 unspecified atom stereocenters. The van der Waals surface area contributed by atoms with E-state index in [-0.39, 0.29) is 6.10 Å². The van der Waals surface area contributed by atoms with Crippen LogP contribution >= 0.6 is 0 Å². The first-order chi connectivity index (χ1) is 9.86. The maximum atomic E-state index is 6.08. The Morgan fingerprint density at radius 3 is 2.65 bits per heavy atom. The highest BCUT2D eigenvalue weighted by Gasteiger charge is 2.21. The van der Waals surface area contributed by atoms with Crippen molar-refractivity contribution in [2.24, 2.45) is 0 Å². The highest BCUT2D eigenvalue weighted by atomic mass is 16.5. The molecular formula is C17H20N2O. The predicted octanol–water partition coefficient (Wildman–Crippen LogP) is 3.39. The normalized spacial score (nSPS) is 16.8. The number of nitrogens with zero attached hydrogens (tertiary/aromatic N) is 1. The van der Waals surface area contributed by atoms with Crippen LogP contribution in [0.25, 0.3) is 0 Å². The Labute approximate surface area is 120 Å². The number of hydrogen-bond acceptors (Lipinski definition) is 3. The van der Waals surface area contributed by atoms with E-state index in [9.17, 15) is 0 Å². The van der Waals surface area contributed by atoms with Gasteiger partial charge in [0, 0.05) is 12.2 Å². The zero-order valence-corrected chi connectivity index (χ0v) is 11.8. The van der Waals surface area contributed by atoms with Crippen LogP contribution in [0.5, 0.6) is 5.75 Å². The average molecular weight is 268 g/mol. The van der Waals surface area contributed by atoms with Crippen LogP contribution in [-0.2, 0) is 0 Å². The number of para-hydroxylation sites is 3. The van der Waals surface area contributed by atoms with Crippen molar-refractivity contribution in [3.05, 3.63) is 54.6 Å². The molecule has 0 aromatic heterocycles. The highest BCUT2D eigenvalue weighted by Crippen LogP contribution is 2.28. The minimum atomic E-state index is 0.171. The third kappa shape index (κ3) is 2.72. The molecule has 0 saturated heterocycles. The molecule has 1 aliphatic rings. The quantitative estimate of drug-likeness (QED) is 0.920. The number of rotatable bonds is 4. The summed E-state index contributed by atoms with van der Waals surface area (Å²) in [5.74, 6) is 0.952. The minimum Gasteiger partial charge on any atom is -0.485 e. The van der Waals surface area contributed by atoms with Crippen LogP contribution in [-0.4, -0.2) is 25.7 Å². The van der Waals surface area contributed by atoms with E-state index in [1.807, 2.05) is 24.3 Å². The van der Waals surface area contributed by atoms with Crippen LogP contribution in [0.2, 0.25) is 0 Å². The number of fused-ring (bicyclic) bond motifs is 1. The molecule has 2 aromatic carbocycles. The van der Waals surface area contributed by atoms with E-state index in [1.54, 1.807) is 0 Å². The third-order valence-corrected chi connectivity index (χ3v) is 3.63. The fraction of sp³-hybridized carbons (Fsp3) is 0.294. The molecule has 3 rings (SSSR count). The molecule has 0 radical (unpaired) electrons. The predicted molar refractivity (Wildman–Crippen MR) is 83.7 cm³/mol. The zero-order chi connectivity index (χ0) is 13.8. The molecule has 0 bridgehead atoms. The van der Waals surface area contributed by atoms with Gasteiger partial charge in [-0.25, -0.2) is 0 Å². The highest BCUT2D eigenvalue weighted by molar-refractivity contribution is 5.58. The second-order valence-corrected chi connectivity index (χ2v) is 4.99. The van der Waals surface area contributed by atoms with Gasteiger partial charge >= 0.3 is 0 Å². The molecule has 2 aromatic rings. The zero-order valence-electron chi connectivity index (χ0n) is 11.8. The van der Waals surface area contributed by atoms with E-state index in [0.717, 1.165) is 31.1 Å². The number of anilines is 2. The molecule has 3 nitrogen and oxygen atoms in total. The van der Waals surface area contributed by atoms with Crippen LogP contribution in [0, 0.1) is 0 Å². The van der Waals surface area contributed by atoms with E-state index in [2.05, 4.69) is 47.5 Å². The summed E-state index contributed by atoms with van der Waals surface area (Å²) < 4.78 is 6.08. The molecule has 20 heavy (non-hydrogen) atoms. The Kier molecular flexibility index (Phi) is 3.77. The number of hydrogen-bond donors (Lipinski definition) is 1. The van der Waals surface area contributed by atoms with Crippen molar-refractivity contribution in [1.82, 2.24) is 0 Å². The fourth-order valence-electron chi connectivity index (χ4n) is 2.56. The molecule has 0 spiro atoms. The number of likely N-dealkylation sites (N-methyl/N-ethyl adjacent to an activating group) is 1. The summed E-state index contributed by atoms with van der Waals surface area (Å²) in [5.41, 5.74) is 2.34. The van der Waals surface area contributed by atoms with Gasteiger partial charge in [0.2, 0.25) is 0 Å². The second-order valence-electron chi connectivity index (χ2n) is 4.99. The van der Waals surface area contributed by atoms with Crippen molar-refractivity contribution in [3.63, 3.8) is 0 Å². The lowest BCUT2D eigenvalue weighted by Crippen LogP contribution is -2.41. The van der Waals surface area contributed by atoms with E-state index in [4.69, 9.17) is 4.74 Å². The summed E-state index contributed by atoms with van der Waals surface area (Å²) >= 11 is 0. The van der Waals surface area contributed by atoms with Gasteiger partial charge in [0.05, 0.1) is 18.8 Å². The largest absolute Gasteiger partial charge is 0.485 e. The Morgan fingerprint density at radius 1 is 1.10 bits per heavy atom. The van der Waals surface area contributed by atoms with Crippen LogP contribution in [0.3, 0.4) is 0 Å². The average Bonchev–Trinajstić information content (AvgIpc) is 2.53. The summed E-state index contributed by atoms with van der Waals surface area (Å²) in [5, 5.41) is 3.44. The van der Waals surface area contributed by atoms with E-state index in [1.165, 1.54) is 5.69 Å². The standard InChI is InChI=1S/C17H20N2O/c1-2-19(14-8-4-3-5-9-14)13-15-12-18-16-10-6-7-11-17(16)20-15/h3-11,15,18H,2,12-13H2,1H3. The van der Waals surface area contributed by atoms with Crippen molar-refractivity contribution < 1.29 is 4.74 Å². The maximum absolute atomic E-state index is 6.08. The molecule has 1 heterocycles. The van der Waals surface area contributed by atoms with Crippen LogP contribution in [0.15, 0.2) is 54.6 Å². The molecule has 0 saturated carbocycles. The maximum Gasteiger partial charge on any atom is 0.143 e. The molecule has 1 aliphatic heterocycles. The minimum absolute atomic E-state index is 0.171. The lowest BCUT2D eigenvalue weighted by molar-refractivity contribution is 0.211. The summed E-state index contributed by atoms with van der Waals surface area (Å²) in [7, 11) is 0. The molecule has 3 heteroatoms. The lowest BCUT2D eigenvalue weighted by Gasteiger charge is -2.32. The Bertz CT molecular complexity index is 556. The van der Waals surface area contributed by atoms with Gasteiger partial charge in [0.1, 0.15) is 11.9 Å². The smallest absolute Gasteiger partial charge is 0.143 e. The van der Waals surface area contributed by atoms with Gasteiger partial charge < -0.3 is 15.0 Å². The first-order valence-corrected chi connectivity index (χ1v) is 7.16. The van der Waals surface area contributed by atoms with Crippen molar-refractivity contribution in [2.75, 3.05) is 29.9 Å². The van der Waals surface area contributed by atoms with Gasteiger partial charge in [0.25, 0.3) is 0 Å². The van der Waals surface area contributed by atoms with Gasteiger partial charge in [-0.15, -0.1) is 0 Å².